The molecule has 0 bridgehead atoms. The maximum Gasteiger partial charge on any atom is 0.416 e. The van der Waals surface area contributed by atoms with Gasteiger partial charge in [-0.2, -0.15) is 26.3 Å². The zero-order chi connectivity index (χ0) is 19.1. The van der Waals surface area contributed by atoms with Gasteiger partial charge in [-0.15, -0.1) is 0 Å². The Kier molecular flexibility index (Phi) is 4.17. The van der Waals surface area contributed by atoms with Gasteiger partial charge in [0.15, 0.2) is 0 Å². The van der Waals surface area contributed by atoms with Gasteiger partial charge in [-0.05, 0) is 30.3 Å². The first-order valence-electron chi connectivity index (χ1n) is 7.22. The van der Waals surface area contributed by atoms with E-state index in [1.165, 1.54) is 6.07 Å². The van der Waals surface area contributed by atoms with Gasteiger partial charge in [0.2, 0.25) is 0 Å². The van der Waals surface area contributed by atoms with Crippen LogP contribution >= 0.6 is 0 Å². The van der Waals surface area contributed by atoms with Crippen molar-refractivity contribution < 1.29 is 31.1 Å². The van der Waals surface area contributed by atoms with E-state index in [0.29, 0.717) is 23.0 Å². The number of nitrogens with one attached hydrogen (secondary N) is 2. The van der Waals surface area contributed by atoms with Crippen molar-refractivity contribution in [3.05, 3.63) is 65.4 Å². The largest absolute Gasteiger partial charge is 0.416 e. The highest BCUT2D eigenvalue weighted by Crippen LogP contribution is 2.37. The lowest BCUT2D eigenvalue weighted by Crippen LogP contribution is -2.16. The number of amides is 1. The molecule has 1 aromatic heterocycles. The summed E-state index contributed by atoms with van der Waals surface area (Å²) in [4.78, 5) is 14.9. The van der Waals surface area contributed by atoms with Gasteiger partial charge in [0.25, 0.3) is 5.91 Å². The number of hydrogen-bond donors (Lipinski definition) is 2. The maximum atomic E-state index is 12.8. The van der Waals surface area contributed by atoms with Crippen LogP contribution in [0.5, 0.6) is 0 Å². The van der Waals surface area contributed by atoms with E-state index >= 15 is 0 Å². The van der Waals surface area contributed by atoms with Crippen LogP contribution in [-0.4, -0.2) is 10.9 Å². The van der Waals surface area contributed by atoms with Crippen molar-refractivity contribution in [1.82, 2.24) is 4.98 Å². The molecule has 1 heterocycles. The maximum absolute atomic E-state index is 12.8. The Morgan fingerprint density at radius 3 is 1.96 bits per heavy atom. The number of benzene rings is 2. The lowest BCUT2D eigenvalue weighted by atomic mass is 10.1. The average Bonchev–Trinajstić information content (AvgIpc) is 2.97. The third-order valence-corrected chi connectivity index (χ3v) is 3.62. The highest BCUT2D eigenvalue weighted by Gasteiger charge is 2.37. The molecule has 0 aliphatic carbocycles. The fourth-order valence-corrected chi connectivity index (χ4v) is 2.42. The molecule has 1 amide bonds. The molecule has 0 unspecified atom stereocenters. The third kappa shape index (κ3) is 3.66. The molecule has 0 saturated carbocycles. The second kappa shape index (κ2) is 6.08. The van der Waals surface area contributed by atoms with Gasteiger partial charge in [0, 0.05) is 16.6 Å². The zero-order valence-electron chi connectivity index (χ0n) is 12.8. The van der Waals surface area contributed by atoms with E-state index in [0.717, 1.165) is 0 Å². The first kappa shape index (κ1) is 17.8. The Morgan fingerprint density at radius 1 is 0.846 bits per heavy atom. The van der Waals surface area contributed by atoms with Crippen LogP contribution in [0.2, 0.25) is 0 Å². The lowest BCUT2D eigenvalue weighted by Gasteiger charge is -2.14. The number of halogens is 6. The van der Waals surface area contributed by atoms with E-state index in [4.69, 9.17) is 0 Å². The second-order valence-corrected chi connectivity index (χ2v) is 5.52. The summed E-state index contributed by atoms with van der Waals surface area (Å²) < 4.78 is 77.1. The van der Waals surface area contributed by atoms with Gasteiger partial charge in [-0.25, -0.2) is 0 Å². The number of anilines is 1. The number of hydrogen-bond acceptors (Lipinski definition) is 1. The SMILES string of the molecule is O=C(Nc1cc(C(F)(F)F)cc(C(F)(F)F)c1)c1cc2ccccc2[nH]1. The Labute approximate surface area is 142 Å². The van der Waals surface area contributed by atoms with Crippen molar-refractivity contribution in [3.63, 3.8) is 0 Å². The summed E-state index contributed by atoms with van der Waals surface area (Å²) in [5.41, 5.74) is -2.98. The molecule has 0 aliphatic heterocycles. The molecular weight excluding hydrogens is 362 g/mol. The first-order valence-corrected chi connectivity index (χ1v) is 7.22. The third-order valence-electron chi connectivity index (χ3n) is 3.62. The Balaban J connectivity index is 1.96. The van der Waals surface area contributed by atoms with Gasteiger partial charge in [-0.1, -0.05) is 18.2 Å². The van der Waals surface area contributed by atoms with Crippen LogP contribution in [0.1, 0.15) is 21.6 Å². The zero-order valence-corrected chi connectivity index (χ0v) is 12.8. The predicted octanol–water partition coefficient (Wildman–Crippen LogP) is 5.46. The molecule has 0 fully saturated rings. The standard InChI is InChI=1S/C17H10F6N2O/c18-16(19,20)10-6-11(17(21,22)23)8-12(7-10)24-15(26)14-5-9-3-1-2-4-13(9)25-14/h1-8,25H,(H,24,26). The summed E-state index contributed by atoms with van der Waals surface area (Å²) in [6.45, 7) is 0. The van der Waals surface area contributed by atoms with Crippen LogP contribution in [0.25, 0.3) is 10.9 Å². The van der Waals surface area contributed by atoms with E-state index in [1.807, 2.05) is 0 Å². The van der Waals surface area contributed by atoms with E-state index in [-0.39, 0.29) is 11.8 Å². The van der Waals surface area contributed by atoms with Crippen molar-refractivity contribution in [2.75, 3.05) is 5.32 Å². The summed E-state index contributed by atoms with van der Waals surface area (Å²) in [6, 6.07) is 9.17. The second-order valence-electron chi connectivity index (χ2n) is 5.52. The minimum Gasteiger partial charge on any atom is -0.351 e. The Bertz CT molecular complexity index is 906. The average molecular weight is 372 g/mol. The minimum absolute atomic E-state index is 0.00139. The first-order chi connectivity index (χ1) is 12.0. The molecule has 0 radical (unpaired) electrons. The fraction of sp³-hybridized carbons (Fsp3) is 0.118. The molecule has 3 rings (SSSR count). The van der Waals surface area contributed by atoms with E-state index in [9.17, 15) is 31.1 Å². The van der Waals surface area contributed by atoms with Crippen LogP contribution in [0.3, 0.4) is 0 Å². The van der Waals surface area contributed by atoms with Crippen LogP contribution in [0.15, 0.2) is 48.5 Å². The van der Waals surface area contributed by atoms with Gasteiger partial charge in [-0.3, -0.25) is 4.79 Å². The molecule has 0 saturated heterocycles. The highest BCUT2D eigenvalue weighted by molar-refractivity contribution is 6.06. The minimum atomic E-state index is -4.98. The fourth-order valence-electron chi connectivity index (χ4n) is 2.42. The molecule has 3 aromatic rings. The summed E-state index contributed by atoms with van der Waals surface area (Å²) in [7, 11) is 0. The van der Waals surface area contributed by atoms with Crippen molar-refractivity contribution in [2.45, 2.75) is 12.4 Å². The van der Waals surface area contributed by atoms with E-state index < -0.39 is 35.1 Å². The van der Waals surface area contributed by atoms with Crippen molar-refractivity contribution in [2.24, 2.45) is 0 Å². The monoisotopic (exact) mass is 372 g/mol. The van der Waals surface area contributed by atoms with E-state index in [1.54, 1.807) is 24.3 Å². The molecular formula is C17H10F6N2O. The van der Waals surface area contributed by atoms with Crippen LogP contribution in [0.4, 0.5) is 32.0 Å². The summed E-state index contributed by atoms with van der Waals surface area (Å²) in [5, 5.41) is 2.75. The quantitative estimate of drug-likeness (QED) is 0.577. The number of alkyl halides is 6. The molecule has 2 aromatic carbocycles. The summed E-state index contributed by atoms with van der Waals surface area (Å²) in [6.07, 6.45) is -9.97. The molecule has 9 heteroatoms. The highest BCUT2D eigenvalue weighted by atomic mass is 19.4. The molecule has 0 aliphatic rings. The van der Waals surface area contributed by atoms with Crippen molar-refractivity contribution in [1.29, 1.82) is 0 Å². The number of rotatable bonds is 2. The van der Waals surface area contributed by atoms with Gasteiger partial charge < -0.3 is 10.3 Å². The number of para-hydroxylation sites is 1. The van der Waals surface area contributed by atoms with Gasteiger partial charge in [0.1, 0.15) is 5.69 Å². The molecule has 26 heavy (non-hydrogen) atoms. The predicted molar refractivity (Wildman–Crippen MR) is 82.7 cm³/mol. The van der Waals surface area contributed by atoms with Crippen LogP contribution in [0, 0.1) is 0 Å². The molecule has 0 atom stereocenters. The number of H-pyrrole nitrogens is 1. The molecule has 3 nitrogen and oxygen atoms in total. The topological polar surface area (TPSA) is 44.9 Å². The van der Waals surface area contributed by atoms with E-state index in [2.05, 4.69) is 10.3 Å². The van der Waals surface area contributed by atoms with Crippen LogP contribution < -0.4 is 5.32 Å². The number of fused-ring (bicyclic) bond motifs is 1. The number of aromatic amines is 1. The molecule has 0 spiro atoms. The summed E-state index contributed by atoms with van der Waals surface area (Å²) >= 11 is 0. The lowest BCUT2D eigenvalue weighted by molar-refractivity contribution is -0.143. The smallest absolute Gasteiger partial charge is 0.351 e. The van der Waals surface area contributed by atoms with Gasteiger partial charge in [0.05, 0.1) is 11.1 Å². The Hall–Kier alpha value is -2.97. The Morgan fingerprint density at radius 2 is 1.42 bits per heavy atom. The van der Waals surface area contributed by atoms with Crippen molar-refractivity contribution >= 4 is 22.5 Å². The van der Waals surface area contributed by atoms with Gasteiger partial charge >= 0.3 is 12.4 Å². The van der Waals surface area contributed by atoms with Crippen molar-refractivity contribution in [3.8, 4) is 0 Å². The number of carbonyl (C=O) groups excluding carboxylic acids is 1. The normalized spacial score (nSPS) is 12.4. The number of aromatic nitrogens is 1. The molecule has 136 valence electrons. The summed E-state index contributed by atoms with van der Waals surface area (Å²) in [5.74, 6) is -0.853. The number of carbonyl (C=O) groups is 1. The molecule has 2 N–H and O–H groups in total. The van der Waals surface area contributed by atoms with Crippen LogP contribution in [-0.2, 0) is 12.4 Å².